The average molecular weight is 400 g/mol. The highest BCUT2D eigenvalue weighted by atomic mass is 16.5. The molecule has 2 aromatic rings. The molecule has 1 saturated heterocycles. The number of nitrogens with zero attached hydrogens (tertiary/aromatic N) is 3. The number of aromatic nitrogens is 1. The van der Waals surface area contributed by atoms with Crippen molar-refractivity contribution in [1.82, 2.24) is 20.5 Å². The summed E-state index contributed by atoms with van der Waals surface area (Å²) >= 11 is 0. The molecule has 1 aliphatic heterocycles. The Balaban J connectivity index is 1.59. The molecule has 1 aromatic carbocycles. The maximum absolute atomic E-state index is 5.64. The summed E-state index contributed by atoms with van der Waals surface area (Å²) in [5, 5.41) is 6.78. The summed E-state index contributed by atoms with van der Waals surface area (Å²) in [5.74, 6) is 1.41. The first kappa shape index (κ1) is 21.3. The molecule has 0 saturated carbocycles. The fourth-order valence-electron chi connectivity index (χ4n) is 3.29. The first-order chi connectivity index (χ1) is 14.0. The van der Waals surface area contributed by atoms with Crippen molar-refractivity contribution in [2.75, 3.05) is 39.4 Å². The lowest BCUT2D eigenvalue weighted by atomic mass is 10.0. The second-order valence-electron chi connectivity index (χ2n) is 7.97. The quantitative estimate of drug-likeness (QED) is 0.551. The number of nitrogens with one attached hydrogen (secondary N) is 2. The number of hydrogen-bond acceptors (Lipinski definition) is 5. The van der Waals surface area contributed by atoms with Crippen molar-refractivity contribution in [1.29, 1.82) is 0 Å². The molecule has 0 radical (unpaired) electrons. The van der Waals surface area contributed by atoms with Crippen LogP contribution < -0.4 is 10.6 Å². The van der Waals surface area contributed by atoms with Gasteiger partial charge in [0.15, 0.2) is 5.96 Å². The molecular formula is C22H33N5O2. The van der Waals surface area contributed by atoms with E-state index in [1.165, 1.54) is 5.56 Å². The summed E-state index contributed by atoms with van der Waals surface area (Å²) in [6.07, 6.45) is 1.68. The van der Waals surface area contributed by atoms with Gasteiger partial charge in [-0.25, -0.2) is 9.98 Å². The summed E-state index contributed by atoms with van der Waals surface area (Å²) in [4.78, 5) is 11.7. The van der Waals surface area contributed by atoms with Gasteiger partial charge in [0, 0.05) is 37.3 Å². The van der Waals surface area contributed by atoms with E-state index in [2.05, 4.69) is 65.3 Å². The largest absolute Gasteiger partial charge is 0.444 e. The minimum absolute atomic E-state index is 0.0203. The molecule has 1 aromatic heterocycles. The minimum atomic E-state index is 0.0203. The number of rotatable bonds is 7. The van der Waals surface area contributed by atoms with Crippen LogP contribution in [0.1, 0.15) is 32.0 Å². The standard InChI is InChI=1S/C22H33N5O2/c1-5-23-21(25-16-22(3,4)27-10-12-28-13-11-27)24-14-19-15-29-20(26-19)18-8-6-17(2)7-9-18/h6-9,15H,5,10-14,16H2,1-4H3,(H2,23,24,25). The summed E-state index contributed by atoms with van der Waals surface area (Å²) in [7, 11) is 0. The van der Waals surface area contributed by atoms with Gasteiger partial charge in [0.25, 0.3) is 0 Å². The Morgan fingerprint density at radius 1 is 1.17 bits per heavy atom. The lowest BCUT2D eigenvalue weighted by Gasteiger charge is -2.41. The van der Waals surface area contributed by atoms with Gasteiger partial charge in [-0.15, -0.1) is 0 Å². The third kappa shape index (κ3) is 6.05. The molecule has 0 atom stereocenters. The molecule has 2 N–H and O–H groups in total. The van der Waals surface area contributed by atoms with E-state index in [4.69, 9.17) is 9.15 Å². The SMILES string of the molecule is CCNC(=NCc1coc(-c2ccc(C)cc2)n1)NCC(C)(C)N1CCOCC1. The maximum atomic E-state index is 5.64. The Bertz CT molecular complexity index is 792. The van der Waals surface area contributed by atoms with Crippen molar-refractivity contribution in [3.05, 3.63) is 41.8 Å². The number of aliphatic imine (C=N–C) groups is 1. The van der Waals surface area contributed by atoms with E-state index >= 15 is 0 Å². The molecule has 0 unspecified atom stereocenters. The topological polar surface area (TPSA) is 74.9 Å². The van der Waals surface area contributed by atoms with Gasteiger partial charge in [0.05, 0.1) is 19.8 Å². The van der Waals surface area contributed by atoms with E-state index in [9.17, 15) is 0 Å². The summed E-state index contributed by atoms with van der Waals surface area (Å²) in [6, 6.07) is 8.16. The third-order valence-electron chi connectivity index (χ3n) is 5.15. The van der Waals surface area contributed by atoms with Crippen LogP contribution in [0, 0.1) is 6.92 Å². The second-order valence-corrected chi connectivity index (χ2v) is 7.97. The Morgan fingerprint density at radius 3 is 2.59 bits per heavy atom. The Kier molecular flexibility index (Phi) is 7.28. The first-order valence-corrected chi connectivity index (χ1v) is 10.3. The Hall–Kier alpha value is -2.38. The highest BCUT2D eigenvalue weighted by Crippen LogP contribution is 2.19. The molecule has 1 fully saturated rings. The van der Waals surface area contributed by atoms with Crippen LogP contribution in [0.2, 0.25) is 0 Å². The zero-order valence-corrected chi connectivity index (χ0v) is 18.0. The van der Waals surface area contributed by atoms with Gasteiger partial charge in [-0.3, -0.25) is 4.90 Å². The highest BCUT2D eigenvalue weighted by Gasteiger charge is 2.28. The molecule has 2 heterocycles. The normalized spacial score (nSPS) is 16.1. The van der Waals surface area contributed by atoms with E-state index in [-0.39, 0.29) is 5.54 Å². The summed E-state index contributed by atoms with van der Waals surface area (Å²) in [6.45, 7) is 14.2. The first-order valence-electron chi connectivity index (χ1n) is 10.3. The van der Waals surface area contributed by atoms with E-state index in [1.807, 2.05) is 12.1 Å². The van der Waals surface area contributed by atoms with Crippen LogP contribution in [-0.4, -0.2) is 60.8 Å². The number of hydrogen-bond donors (Lipinski definition) is 2. The van der Waals surface area contributed by atoms with Crippen LogP contribution >= 0.6 is 0 Å². The van der Waals surface area contributed by atoms with Crippen LogP contribution in [-0.2, 0) is 11.3 Å². The molecule has 0 bridgehead atoms. The zero-order chi connectivity index (χ0) is 20.7. The predicted octanol–water partition coefficient (Wildman–Crippen LogP) is 2.82. The van der Waals surface area contributed by atoms with E-state index in [0.717, 1.165) is 56.6 Å². The number of benzene rings is 1. The smallest absolute Gasteiger partial charge is 0.226 e. The van der Waals surface area contributed by atoms with Gasteiger partial charge < -0.3 is 19.8 Å². The van der Waals surface area contributed by atoms with Gasteiger partial charge in [-0.2, -0.15) is 0 Å². The molecule has 7 nitrogen and oxygen atoms in total. The molecule has 1 aliphatic rings. The molecule has 0 amide bonds. The highest BCUT2D eigenvalue weighted by molar-refractivity contribution is 5.79. The van der Waals surface area contributed by atoms with Gasteiger partial charge in [0.2, 0.25) is 5.89 Å². The Morgan fingerprint density at radius 2 is 1.90 bits per heavy atom. The predicted molar refractivity (Wildman–Crippen MR) is 116 cm³/mol. The van der Waals surface area contributed by atoms with E-state index < -0.39 is 0 Å². The molecule has 0 spiro atoms. The number of guanidine groups is 1. The van der Waals surface area contributed by atoms with Crippen molar-refractivity contribution in [3.8, 4) is 11.5 Å². The fraction of sp³-hybridized carbons (Fsp3) is 0.545. The average Bonchev–Trinajstić information content (AvgIpc) is 3.20. The van der Waals surface area contributed by atoms with Crippen molar-refractivity contribution in [3.63, 3.8) is 0 Å². The molecule has 7 heteroatoms. The van der Waals surface area contributed by atoms with Crippen LogP contribution in [0.15, 0.2) is 39.9 Å². The van der Waals surface area contributed by atoms with Crippen molar-refractivity contribution >= 4 is 5.96 Å². The maximum Gasteiger partial charge on any atom is 0.226 e. The lowest BCUT2D eigenvalue weighted by Crippen LogP contribution is -2.56. The molecule has 158 valence electrons. The van der Waals surface area contributed by atoms with Gasteiger partial charge >= 0.3 is 0 Å². The number of ether oxygens (including phenoxy) is 1. The minimum Gasteiger partial charge on any atom is -0.444 e. The van der Waals surface area contributed by atoms with Gasteiger partial charge in [-0.05, 0) is 39.8 Å². The van der Waals surface area contributed by atoms with E-state index in [0.29, 0.717) is 12.4 Å². The molecule has 3 rings (SSSR count). The van der Waals surface area contributed by atoms with E-state index in [1.54, 1.807) is 6.26 Å². The summed E-state index contributed by atoms with van der Waals surface area (Å²) < 4.78 is 11.1. The van der Waals surface area contributed by atoms with Crippen LogP contribution in [0.25, 0.3) is 11.5 Å². The fourth-order valence-corrected chi connectivity index (χ4v) is 3.29. The number of aryl methyl sites for hydroxylation is 1. The van der Waals surface area contributed by atoms with Crippen molar-refractivity contribution < 1.29 is 9.15 Å². The molecule has 29 heavy (non-hydrogen) atoms. The second kappa shape index (κ2) is 9.89. The molecular weight excluding hydrogens is 366 g/mol. The Labute approximate surface area is 173 Å². The van der Waals surface area contributed by atoms with Crippen molar-refractivity contribution in [2.24, 2.45) is 4.99 Å². The number of oxazole rings is 1. The van der Waals surface area contributed by atoms with Crippen LogP contribution in [0.4, 0.5) is 0 Å². The summed E-state index contributed by atoms with van der Waals surface area (Å²) in [5.41, 5.74) is 3.02. The third-order valence-corrected chi connectivity index (χ3v) is 5.15. The monoisotopic (exact) mass is 399 g/mol. The lowest BCUT2D eigenvalue weighted by molar-refractivity contribution is -0.00834. The number of morpholine rings is 1. The van der Waals surface area contributed by atoms with Gasteiger partial charge in [0.1, 0.15) is 12.0 Å². The van der Waals surface area contributed by atoms with Crippen LogP contribution in [0.3, 0.4) is 0 Å². The van der Waals surface area contributed by atoms with Crippen LogP contribution in [0.5, 0.6) is 0 Å². The van der Waals surface area contributed by atoms with Crippen molar-refractivity contribution in [2.45, 2.75) is 39.8 Å². The molecule has 0 aliphatic carbocycles. The van der Waals surface area contributed by atoms with Gasteiger partial charge in [-0.1, -0.05) is 17.7 Å². The zero-order valence-electron chi connectivity index (χ0n) is 18.0.